The molecule has 0 aliphatic carbocycles. The molecule has 3 rings (SSSR count). The molecule has 184 valence electrons. The highest BCUT2D eigenvalue weighted by atomic mass is 32.2. The molecule has 0 bridgehead atoms. The van der Waals surface area contributed by atoms with Gasteiger partial charge in [-0.3, -0.25) is 9.59 Å². The van der Waals surface area contributed by atoms with Gasteiger partial charge in [0.05, 0.1) is 10.5 Å². The number of amides is 1. The summed E-state index contributed by atoms with van der Waals surface area (Å²) >= 11 is 0. The number of carboxylic acids is 1. The molecule has 0 aromatic heterocycles. The number of hydrogen-bond donors (Lipinski definition) is 1. The summed E-state index contributed by atoms with van der Waals surface area (Å²) in [6.07, 6.45) is -4.71. The minimum absolute atomic E-state index is 0.0209. The van der Waals surface area contributed by atoms with Gasteiger partial charge in [-0.15, -0.1) is 0 Å². The van der Waals surface area contributed by atoms with Crippen molar-refractivity contribution in [2.75, 3.05) is 19.6 Å². The highest BCUT2D eigenvalue weighted by Crippen LogP contribution is 2.33. The predicted molar refractivity (Wildman–Crippen MR) is 110 cm³/mol. The maximum Gasteiger partial charge on any atom is 0.416 e. The summed E-state index contributed by atoms with van der Waals surface area (Å²) in [4.78, 5) is 24.2. The largest absolute Gasteiger partial charge is 0.489 e. The number of carbonyl (C=O) groups is 2. The third-order valence-corrected chi connectivity index (χ3v) is 7.18. The number of carboxylic acid groups (broad SMARTS) is 1. The summed E-state index contributed by atoms with van der Waals surface area (Å²) < 4.78 is 84.8. The Morgan fingerprint density at radius 3 is 2.32 bits per heavy atom. The van der Waals surface area contributed by atoms with Crippen LogP contribution in [-0.2, 0) is 32.4 Å². The molecule has 2 aromatic rings. The summed E-state index contributed by atoms with van der Waals surface area (Å²) in [6, 6.07) is 5.15. The van der Waals surface area contributed by atoms with Gasteiger partial charge in [-0.2, -0.15) is 17.5 Å². The average Bonchev–Trinajstić information content (AvgIpc) is 2.76. The molecule has 1 amide bonds. The van der Waals surface area contributed by atoms with Gasteiger partial charge < -0.3 is 14.7 Å². The van der Waals surface area contributed by atoms with Gasteiger partial charge in [-0.1, -0.05) is 0 Å². The normalized spacial score (nSPS) is 17.4. The van der Waals surface area contributed by atoms with Crippen molar-refractivity contribution in [2.24, 2.45) is 0 Å². The lowest BCUT2D eigenvalue weighted by atomic mass is 10.1. The molecule has 8 nitrogen and oxygen atoms in total. The number of halogens is 4. The molecule has 1 aliphatic rings. The SMILES string of the molecule is CC(=O)N1CCN(S(=O)(=O)c2ccc(OCc3cc(F)ccc3C(F)(F)F)cc2)C(C(=O)O)C1. The van der Waals surface area contributed by atoms with Crippen molar-refractivity contribution in [2.45, 2.75) is 30.6 Å². The quantitative estimate of drug-likeness (QED) is 0.607. The first kappa shape index (κ1) is 25.4. The van der Waals surface area contributed by atoms with E-state index in [0.29, 0.717) is 18.2 Å². The van der Waals surface area contributed by atoms with Crippen molar-refractivity contribution >= 4 is 21.9 Å². The lowest BCUT2D eigenvalue weighted by Crippen LogP contribution is -2.58. The third kappa shape index (κ3) is 5.47. The summed E-state index contributed by atoms with van der Waals surface area (Å²) in [5, 5.41) is 9.47. The van der Waals surface area contributed by atoms with E-state index >= 15 is 0 Å². The summed E-state index contributed by atoms with van der Waals surface area (Å²) in [5.41, 5.74) is -1.49. The maximum atomic E-state index is 13.4. The molecule has 0 saturated carbocycles. The van der Waals surface area contributed by atoms with Gasteiger partial charge in [0.15, 0.2) is 0 Å². The lowest BCUT2D eigenvalue weighted by molar-refractivity contribution is -0.145. The summed E-state index contributed by atoms with van der Waals surface area (Å²) in [7, 11) is -4.26. The summed E-state index contributed by atoms with van der Waals surface area (Å²) in [5.74, 6) is -2.64. The van der Waals surface area contributed by atoms with Gasteiger partial charge in [0.1, 0.15) is 24.2 Å². The Bertz CT molecular complexity index is 1180. The first-order chi connectivity index (χ1) is 15.8. The van der Waals surface area contributed by atoms with Crippen LogP contribution in [-0.4, -0.2) is 60.3 Å². The number of nitrogens with zero attached hydrogens (tertiary/aromatic N) is 2. The van der Waals surface area contributed by atoms with Gasteiger partial charge in [-0.05, 0) is 42.5 Å². The van der Waals surface area contributed by atoms with E-state index < -0.39 is 51.8 Å². The maximum absolute atomic E-state index is 13.4. The van der Waals surface area contributed by atoms with E-state index in [1.54, 1.807) is 0 Å². The third-order valence-electron chi connectivity index (χ3n) is 5.26. The number of ether oxygens (including phenoxy) is 1. The van der Waals surface area contributed by atoms with E-state index in [1.807, 2.05) is 0 Å². The average molecular weight is 504 g/mol. The van der Waals surface area contributed by atoms with Crippen LogP contribution in [0.4, 0.5) is 17.6 Å². The molecule has 1 atom stereocenters. The van der Waals surface area contributed by atoms with Gasteiger partial charge >= 0.3 is 12.1 Å². The number of rotatable bonds is 6. The van der Waals surface area contributed by atoms with Gasteiger partial charge in [-0.25, -0.2) is 12.8 Å². The number of sulfonamides is 1. The van der Waals surface area contributed by atoms with E-state index in [2.05, 4.69) is 0 Å². The van der Waals surface area contributed by atoms with Crippen molar-refractivity contribution in [3.05, 3.63) is 59.4 Å². The number of aliphatic carboxylic acids is 1. The van der Waals surface area contributed by atoms with Crippen LogP contribution in [0.15, 0.2) is 47.4 Å². The standard InChI is InChI=1S/C21H20F4N2O6S/c1-13(28)26-8-9-27(19(11-26)20(29)30)34(31,32)17-5-3-16(4-6-17)33-12-14-10-15(22)2-7-18(14)21(23,24)25/h2-7,10,19H,8-9,11-12H2,1H3,(H,29,30). The smallest absolute Gasteiger partial charge is 0.416 e. The second-order valence-electron chi connectivity index (χ2n) is 7.49. The van der Waals surface area contributed by atoms with Crippen LogP contribution in [0.3, 0.4) is 0 Å². The fourth-order valence-corrected chi connectivity index (χ4v) is 5.07. The number of benzene rings is 2. The van der Waals surface area contributed by atoms with Crippen molar-refractivity contribution in [1.82, 2.24) is 9.21 Å². The predicted octanol–water partition coefficient (Wildman–Crippen LogP) is 2.73. The molecule has 13 heteroatoms. The van der Waals surface area contributed by atoms with Crippen LogP contribution < -0.4 is 4.74 Å². The number of carbonyl (C=O) groups excluding carboxylic acids is 1. The minimum Gasteiger partial charge on any atom is -0.489 e. The van der Waals surface area contributed by atoms with Crippen LogP contribution in [0, 0.1) is 5.82 Å². The minimum atomic E-state index is -4.71. The highest BCUT2D eigenvalue weighted by molar-refractivity contribution is 7.89. The van der Waals surface area contributed by atoms with Crippen LogP contribution in [0.25, 0.3) is 0 Å². The monoisotopic (exact) mass is 504 g/mol. The number of alkyl halides is 3. The fourth-order valence-electron chi connectivity index (χ4n) is 3.50. The summed E-state index contributed by atoms with van der Waals surface area (Å²) in [6.45, 7) is 0.127. The molecule has 0 radical (unpaired) electrons. The molecule has 1 heterocycles. The topological polar surface area (TPSA) is 104 Å². The van der Waals surface area contributed by atoms with E-state index in [-0.39, 0.29) is 36.2 Å². The Morgan fingerprint density at radius 2 is 1.76 bits per heavy atom. The fraction of sp³-hybridized carbons (Fsp3) is 0.333. The molecule has 1 N–H and O–H groups in total. The molecule has 1 unspecified atom stereocenters. The molecule has 1 saturated heterocycles. The zero-order chi connectivity index (χ0) is 25.3. The zero-order valence-electron chi connectivity index (χ0n) is 17.8. The highest BCUT2D eigenvalue weighted by Gasteiger charge is 2.41. The molecule has 34 heavy (non-hydrogen) atoms. The lowest BCUT2D eigenvalue weighted by Gasteiger charge is -2.38. The van der Waals surface area contributed by atoms with Crippen LogP contribution in [0.5, 0.6) is 5.75 Å². The number of hydrogen-bond acceptors (Lipinski definition) is 5. The van der Waals surface area contributed by atoms with Crippen LogP contribution in [0.1, 0.15) is 18.1 Å². The van der Waals surface area contributed by atoms with E-state index in [1.165, 1.54) is 24.0 Å². The van der Waals surface area contributed by atoms with Crippen LogP contribution in [0.2, 0.25) is 0 Å². The van der Waals surface area contributed by atoms with Gasteiger partial charge in [0, 0.05) is 32.1 Å². The van der Waals surface area contributed by atoms with Crippen molar-refractivity contribution in [3.8, 4) is 5.75 Å². The number of piperazine rings is 1. The molecular weight excluding hydrogens is 484 g/mol. The Labute approximate surface area is 192 Å². The Morgan fingerprint density at radius 1 is 1.12 bits per heavy atom. The van der Waals surface area contributed by atoms with Crippen molar-refractivity contribution in [3.63, 3.8) is 0 Å². The van der Waals surface area contributed by atoms with Crippen molar-refractivity contribution < 1.29 is 45.4 Å². The first-order valence-electron chi connectivity index (χ1n) is 9.89. The van der Waals surface area contributed by atoms with E-state index in [4.69, 9.17) is 4.74 Å². The first-order valence-corrected chi connectivity index (χ1v) is 11.3. The van der Waals surface area contributed by atoms with Gasteiger partial charge in [0.2, 0.25) is 15.9 Å². The van der Waals surface area contributed by atoms with E-state index in [9.17, 15) is 40.7 Å². The molecule has 0 spiro atoms. The molecule has 1 fully saturated rings. The van der Waals surface area contributed by atoms with Crippen LogP contribution >= 0.6 is 0 Å². The molecule has 2 aromatic carbocycles. The van der Waals surface area contributed by atoms with Crippen molar-refractivity contribution in [1.29, 1.82) is 0 Å². The van der Waals surface area contributed by atoms with Gasteiger partial charge in [0.25, 0.3) is 0 Å². The van der Waals surface area contributed by atoms with E-state index in [0.717, 1.165) is 16.4 Å². The Balaban J connectivity index is 1.77. The zero-order valence-corrected chi connectivity index (χ0v) is 18.6. The Hall–Kier alpha value is -3.19. The Kier molecular flexibility index (Phi) is 7.17. The second-order valence-corrected chi connectivity index (χ2v) is 9.38. The second kappa shape index (κ2) is 9.58. The molecular formula is C21H20F4N2O6S. The molecule has 1 aliphatic heterocycles.